The Morgan fingerprint density at radius 2 is 0.877 bits per heavy atom. The zero-order valence-corrected chi connectivity index (χ0v) is 45.0. The molecular formula is C77H51N3S. The molecule has 3 nitrogen and oxygen atoms in total. The van der Waals surface area contributed by atoms with Crippen molar-refractivity contribution in [3.63, 3.8) is 0 Å². The molecule has 0 unspecified atom stereocenters. The highest BCUT2D eigenvalue weighted by molar-refractivity contribution is 7.26. The average molecular weight is 1050 g/mol. The lowest BCUT2D eigenvalue weighted by atomic mass is 9.67. The topological polar surface area (TPSA) is 11.4 Å². The van der Waals surface area contributed by atoms with Gasteiger partial charge in [0, 0.05) is 60.4 Å². The van der Waals surface area contributed by atoms with Crippen molar-refractivity contribution < 1.29 is 0 Å². The molecule has 0 amide bonds. The molecule has 2 heterocycles. The predicted molar refractivity (Wildman–Crippen MR) is 343 cm³/mol. The standard InChI is InChI=1S/C77H51N3S/c1-6-25-56(26-7-1)77(57-27-8-2-9-28-57)70-38-20-18-35-64(70)65-44-42-61(51-71(65)77)79(72-39-22-37-68-67-36-19-21-40-75(67)81-76(68)72)63-46-55(45-62(50-63)78(58-29-10-3-11-30-58)59-31-12-4-13-32-59)54-41-43-66-69-47-52-23-16-17-24-53(52)48-74(69)80(73(66)49-54)60-33-14-5-15-34-60/h1-51H. The van der Waals surface area contributed by atoms with Crippen molar-refractivity contribution in [1.29, 1.82) is 0 Å². The third-order valence-electron chi connectivity index (χ3n) is 16.8. The van der Waals surface area contributed by atoms with E-state index in [-0.39, 0.29) is 0 Å². The Labute approximate surface area is 474 Å². The molecule has 0 radical (unpaired) electrons. The van der Waals surface area contributed by atoms with E-state index in [4.69, 9.17) is 0 Å². The Hall–Kier alpha value is -10.3. The molecule has 380 valence electrons. The molecule has 0 N–H and O–H groups in total. The lowest BCUT2D eigenvalue weighted by Gasteiger charge is -2.35. The number of aromatic nitrogens is 1. The first kappa shape index (κ1) is 46.8. The Morgan fingerprint density at radius 3 is 1.59 bits per heavy atom. The molecule has 0 fully saturated rings. The highest BCUT2D eigenvalue weighted by Gasteiger charge is 2.46. The smallest absolute Gasteiger partial charge is 0.0714 e. The normalized spacial score (nSPS) is 12.5. The van der Waals surface area contributed by atoms with Crippen LogP contribution in [-0.2, 0) is 5.41 Å². The molecule has 81 heavy (non-hydrogen) atoms. The number of hydrogen-bond acceptors (Lipinski definition) is 3. The summed E-state index contributed by atoms with van der Waals surface area (Å²) >= 11 is 1.87. The van der Waals surface area contributed by atoms with Crippen LogP contribution in [0, 0.1) is 0 Å². The third-order valence-corrected chi connectivity index (χ3v) is 18.0. The summed E-state index contributed by atoms with van der Waals surface area (Å²) in [6.45, 7) is 0. The predicted octanol–water partition coefficient (Wildman–Crippen LogP) is 21.3. The summed E-state index contributed by atoms with van der Waals surface area (Å²) in [5.74, 6) is 0. The zero-order chi connectivity index (χ0) is 53.4. The van der Waals surface area contributed by atoms with E-state index in [0.717, 1.165) is 56.5 Å². The Bertz CT molecular complexity index is 4790. The van der Waals surface area contributed by atoms with Crippen LogP contribution >= 0.6 is 11.3 Å². The Balaban J connectivity index is 1.00. The molecular weight excluding hydrogens is 999 g/mol. The number of hydrogen-bond donors (Lipinski definition) is 0. The summed E-state index contributed by atoms with van der Waals surface area (Å²) in [4.78, 5) is 4.96. The number of thiophene rings is 1. The first-order valence-corrected chi connectivity index (χ1v) is 28.6. The molecule has 2 aromatic heterocycles. The van der Waals surface area contributed by atoms with Gasteiger partial charge in [-0.2, -0.15) is 0 Å². The maximum atomic E-state index is 2.55. The lowest BCUT2D eigenvalue weighted by Crippen LogP contribution is -2.28. The van der Waals surface area contributed by atoms with E-state index in [1.54, 1.807) is 0 Å². The summed E-state index contributed by atoms with van der Waals surface area (Å²) in [5, 5.41) is 7.41. The van der Waals surface area contributed by atoms with Gasteiger partial charge in [-0.05, 0) is 152 Å². The molecule has 4 heteroatoms. The maximum absolute atomic E-state index is 2.55. The summed E-state index contributed by atoms with van der Waals surface area (Å²) in [5.41, 5.74) is 19.0. The number of nitrogens with zero attached hydrogens (tertiary/aromatic N) is 3. The number of fused-ring (bicyclic) bond motifs is 10. The van der Waals surface area contributed by atoms with E-state index in [9.17, 15) is 0 Å². The van der Waals surface area contributed by atoms with Gasteiger partial charge in [-0.15, -0.1) is 11.3 Å². The van der Waals surface area contributed by atoms with E-state index in [2.05, 4.69) is 324 Å². The van der Waals surface area contributed by atoms with Crippen LogP contribution in [0.4, 0.5) is 34.1 Å². The Kier molecular flexibility index (Phi) is 11.0. The minimum absolute atomic E-state index is 0.595. The zero-order valence-electron chi connectivity index (χ0n) is 44.2. The molecule has 1 aliphatic carbocycles. The van der Waals surface area contributed by atoms with Crippen LogP contribution in [0.3, 0.4) is 0 Å². The molecule has 0 saturated heterocycles. The average Bonchev–Trinajstić information content (AvgIpc) is 3.77. The van der Waals surface area contributed by atoms with Gasteiger partial charge < -0.3 is 14.4 Å². The molecule has 16 rings (SSSR count). The van der Waals surface area contributed by atoms with Crippen LogP contribution in [0.1, 0.15) is 22.3 Å². The van der Waals surface area contributed by atoms with Crippen LogP contribution in [0.2, 0.25) is 0 Å². The summed E-state index contributed by atoms with van der Waals surface area (Å²) in [7, 11) is 0. The largest absolute Gasteiger partial charge is 0.310 e. The fourth-order valence-electron chi connectivity index (χ4n) is 13.3. The van der Waals surface area contributed by atoms with Crippen LogP contribution in [0.5, 0.6) is 0 Å². The van der Waals surface area contributed by atoms with Crippen LogP contribution in [0.25, 0.3) is 80.7 Å². The van der Waals surface area contributed by atoms with Crippen LogP contribution in [0.15, 0.2) is 309 Å². The van der Waals surface area contributed by atoms with Crippen molar-refractivity contribution in [1.82, 2.24) is 4.57 Å². The maximum Gasteiger partial charge on any atom is 0.0714 e. The van der Waals surface area contributed by atoms with Crippen molar-refractivity contribution in [3.05, 3.63) is 332 Å². The number of para-hydroxylation sites is 3. The second-order valence-corrected chi connectivity index (χ2v) is 22.3. The van der Waals surface area contributed by atoms with Crippen molar-refractivity contribution in [2.24, 2.45) is 0 Å². The van der Waals surface area contributed by atoms with Gasteiger partial charge in [0.25, 0.3) is 0 Å². The van der Waals surface area contributed by atoms with Crippen molar-refractivity contribution in [2.75, 3.05) is 9.80 Å². The minimum atomic E-state index is -0.595. The molecule has 0 bridgehead atoms. The van der Waals surface area contributed by atoms with E-state index in [1.165, 1.54) is 80.6 Å². The van der Waals surface area contributed by atoms with Crippen molar-refractivity contribution >= 4 is 98.2 Å². The molecule has 0 atom stereocenters. The van der Waals surface area contributed by atoms with Crippen LogP contribution in [-0.4, -0.2) is 4.57 Å². The molecule has 0 aliphatic heterocycles. The van der Waals surface area contributed by atoms with E-state index in [1.807, 2.05) is 11.3 Å². The van der Waals surface area contributed by atoms with Gasteiger partial charge >= 0.3 is 0 Å². The summed E-state index contributed by atoms with van der Waals surface area (Å²) in [6, 6.07) is 115. The molecule has 13 aromatic carbocycles. The monoisotopic (exact) mass is 1050 g/mol. The minimum Gasteiger partial charge on any atom is -0.310 e. The summed E-state index contributed by atoms with van der Waals surface area (Å²) < 4.78 is 4.95. The third kappa shape index (κ3) is 7.49. The van der Waals surface area contributed by atoms with E-state index in [0.29, 0.717) is 0 Å². The first-order valence-electron chi connectivity index (χ1n) is 27.8. The van der Waals surface area contributed by atoms with Gasteiger partial charge in [-0.25, -0.2) is 0 Å². The molecule has 1 aliphatic rings. The second kappa shape index (κ2) is 19.0. The lowest BCUT2D eigenvalue weighted by molar-refractivity contribution is 0.768. The van der Waals surface area contributed by atoms with Gasteiger partial charge in [0.05, 0.1) is 26.8 Å². The molecule has 0 spiro atoms. The van der Waals surface area contributed by atoms with Gasteiger partial charge in [0.1, 0.15) is 0 Å². The SMILES string of the molecule is c1ccc(N(c2ccccc2)c2cc(-c3ccc4c5cc6ccccc6cc5n(-c5ccccc5)c4c3)cc(N(c3ccc4c(c3)C(c3ccccc3)(c3ccccc3)c3ccccc3-4)c3cccc4c3sc3ccccc34)c2)cc1. The van der Waals surface area contributed by atoms with Crippen molar-refractivity contribution in [3.8, 4) is 27.9 Å². The molecule has 0 saturated carbocycles. The van der Waals surface area contributed by atoms with Gasteiger partial charge in [-0.3, -0.25) is 0 Å². The van der Waals surface area contributed by atoms with Gasteiger partial charge in [-0.1, -0.05) is 212 Å². The quantitative estimate of drug-likeness (QED) is 0.135. The highest BCUT2D eigenvalue weighted by Crippen LogP contribution is 2.58. The van der Waals surface area contributed by atoms with E-state index >= 15 is 0 Å². The number of rotatable bonds is 10. The Morgan fingerprint density at radius 1 is 0.309 bits per heavy atom. The number of anilines is 6. The number of benzene rings is 13. The van der Waals surface area contributed by atoms with Crippen molar-refractivity contribution in [2.45, 2.75) is 5.41 Å². The highest BCUT2D eigenvalue weighted by atomic mass is 32.1. The fourth-order valence-corrected chi connectivity index (χ4v) is 14.5. The van der Waals surface area contributed by atoms with Gasteiger partial charge in [0.15, 0.2) is 0 Å². The van der Waals surface area contributed by atoms with E-state index < -0.39 is 5.41 Å². The fraction of sp³-hybridized carbons (Fsp3) is 0.0130. The molecule has 15 aromatic rings. The van der Waals surface area contributed by atoms with Gasteiger partial charge in [0.2, 0.25) is 0 Å². The summed E-state index contributed by atoms with van der Waals surface area (Å²) in [6.07, 6.45) is 0. The first-order chi connectivity index (χ1) is 40.2. The second-order valence-electron chi connectivity index (χ2n) is 21.2. The van der Waals surface area contributed by atoms with Crippen LogP contribution < -0.4 is 9.80 Å².